The molecule has 0 aliphatic rings. The number of carbonyl (C=O) groups excluding carboxylic acids is 2. The monoisotopic (exact) mass is 559 g/mol. The number of fused-ring (bicyclic) bond motifs is 1. The van der Waals surface area contributed by atoms with E-state index in [2.05, 4.69) is 15.6 Å². The molecular weight excluding hydrogens is 539 g/mol. The maximum Gasteiger partial charge on any atom is 0.336 e. The maximum atomic E-state index is 13.2. The van der Waals surface area contributed by atoms with Gasteiger partial charge in [0.05, 0.1) is 21.4 Å². The molecule has 3 N–H and O–H groups in total. The Bertz CT molecular complexity index is 1640. The van der Waals surface area contributed by atoms with Gasteiger partial charge < -0.3 is 15.7 Å². The Balaban J connectivity index is 1.27. The van der Waals surface area contributed by atoms with Gasteiger partial charge in [0.15, 0.2) is 5.13 Å². The lowest BCUT2D eigenvalue weighted by Crippen LogP contribution is -2.22. The highest BCUT2D eigenvalue weighted by Crippen LogP contribution is 2.31. The fourth-order valence-corrected chi connectivity index (χ4v) is 6.29. The van der Waals surface area contributed by atoms with Crippen molar-refractivity contribution >= 4 is 73.8 Å². The highest BCUT2D eigenvalue weighted by atomic mass is 32.2. The van der Waals surface area contributed by atoms with Crippen molar-refractivity contribution in [1.82, 2.24) is 4.98 Å². The summed E-state index contributed by atoms with van der Waals surface area (Å²) < 4.78 is 0. The molecule has 5 aromatic rings. The number of carboxylic acid groups (broad SMARTS) is 1. The Kier molecular flexibility index (Phi) is 7.54. The summed E-state index contributed by atoms with van der Waals surface area (Å²) in [6.07, 6.45) is 0. The number of hydrogen-bond donors (Lipinski definition) is 3. The van der Waals surface area contributed by atoms with Gasteiger partial charge in [-0.05, 0) is 54.1 Å². The summed E-state index contributed by atoms with van der Waals surface area (Å²) in [4.78, 5) is 44.0. The van der Waals surface area contributed by atoms with Crippen LogP contribution in [0.25, 0.3) is 21.3 Å². The van der Waals surface area contributed by atoms with Crippen LogP contribution in [0.5, 0.6) is 0 Å². The number of aromatic nitrogens is 1. The lowest BCUT2D eigenvalue weighted by atomic mass is 9.98. The van der Waals surface area contributed by atoms with E-state index in [9.17, 15) is 19.5 Å². The minimum atomic E-state index is -1.10. The topological polar surface area (TPSA) is 108 Å². The molecule has 1 unspecified atom stereocenters. The number of carboxylic acids is 1. The van der Waals surface area contributed by atoms with Crippen LogP contribution in [0.1, 0.15) is 27.6 Å². The predicted molar refractivity (Wildman–Crippen MR) is 155 cm³/mol. The van der Waals surface area contributed by atoms with Crippen molar-refractivity contribution in [2.45, 2.75) is 17.1 Å². The Labute approximate surface area is 230 Å². The number of benzene rings is 3. The number of carbonyl (C=O) groups is 3. The molecule has 7 nitrogen and oxygen atoms in total. The molecule has 0 saturated carbocycles. The van der Waals surface area contributed by atoms with Crippen molar-refractivity contribution in [2.24, 2.45) is 0 Å². The molecule has 0 radical (unpaired) electrons. The van der Waals surface area contributed by atoms with Crippen LogP contribution in [0, 0.1) is 0 Å². The molecule has 5 rings (SSSR count). The minimum Gasteiger partial charge on any atom is -0.478 e. The summed E-state index contributed by atoms with van der Waals surface area (Å²) >= 11 is 4.33. The molecule has 190 valence electrons. The second kappa shape index (κ2) is 11.2. The zero-order valence-electron chi connectivity index (χ0n) is 20.0. The Hall–Kier alpha value is -3.99. The third-order valence-corrected chi connectivity index (χ3v) is 8.41. The van der Waals surface area contributed by atoms with Crippen LogP contribution in [-0.4, -0.2) is 33.1 Å². The number of aromatic carboxylic acids is 1. The number of amides is 2. The molecule has 2 heterocycles. The second-order valence-electron chi connectivity index (χ2n) is 8.26. The van der Waals surface area contributed by atoms with Crippen molar-refractivity contribution in [3.8, 4) is 10.6 Å². The quantitative estimate of drug-likeness (QED) is 0.175. The van der Waals surface area contributed by atoms with Gasteiger partial charge >= 0.3 is 5.97 Å². The standard InChI is InChI=1S/C28H21N3O4S3/c1-16(25(32)31-28-30-22(15-37-28)23-12-5-13-36-23)38-19-9-4-8-18(14-19)29-26(33)20-10-2-6-17-7-3-11-21(24(17)20)27(34)35/h2-16H,1H3,(H,29,33)(H,34,35)(H,30,31,32). The fourth-order valence-electron chi connectivity index (χ4n) is 3.89. The van der Waals surface area contributed by atoms with Crippen LogP contribution in [0.3, 0.4) is 0 Å². The predicted octanol–water partition coefficient (Wildman–Crippen LogP) is 7.09. The maximum absolute atomic E-state index is 13.2. The first-order valence-electron chi connectivity index (χ1n) is 11.5. The van der Waals surface area contributed by atoms with E-state index < -0.39 is 17.1 Å². The van der Waals surface area contributed by atoms with Gasteiger partial charge in [-0.25, -0.2) is 9.78 Å². The van der Waals surface area contributed by atoms with Crippen LogP contribution in [0.15, 0.2) is 88.5 Å². The molecule has 0 aliphatic heterocycles. The van der Waals surface area contributed by atoms with Gasteiger partial charge in [-0.1, -0.05) is 36.4 Å². The molecule has 10 heteroatoms. The van der Waals surface area contributed by atoms with Gasteiger partial charge in [-0.15, -0.1) is 34.4 Å². The average molecular weight is 560 g/mol. The highest BCUT2D eigenvalue weighted by Gasteiger charge is 2.19. The average Bonchev–Trinajstić information content (AvgIpc) is 3.60. The van der Waals surface area contributed by atoms with E-state index in [0.717, 1.165) is 15.5 Å². The van der Waals surface area contributed by atoms with Crippen LogP contribution >= 0.6 is 34.4 Å². The first-order valence-corrected chi connectivity index (χ1v) is 14.2. The van der Waals surface area contributed by atoms with Gasteiger partial charge in [0.25, 0.3) is 5.91 Å². The van der Waals surface area contributed by atoms with E-state index >= 15 is 0 Å². The molecule has 0 bridgehead atoms. The van der Waals surface area contributed by atoms with Crippen LogP contribution in [-0.2, 0) is 4.79 Å². The molecule has 0 spiro atoms. The molecule has 0 saturated heterocycles. The second-order valence-corrected chi connectivity index (χ2v) is 11.5. The third kappa shape index (κ3) is 5.62. The van der Waals surface area contributed by atoms with Gasteiger partial charge in [-0.2, -0.15) is 0 Å². The minimum absolute atomic E-state index is 0.0696. The van der Waals surface area contributed by atoms with Crippen molar-refractivity contribution in [3.63, 3.8) is 0 Å². The summed E-state index contributed by atoms with van der Waals surface area (Å²) in [5, 5.41) is 20.4. The molecule has 38 heavy (non-hydrogen) atoms. The lowest BCUT2D eigenvalue weighted by Gasteiger charge is -2.13. The van der Waals surface area contributed by atoms with E-state index in [-0.39, 0.29) is 17.0 Å². The summed E-state index contributed by atoms with van der Waals surface area (Å²) in [5.41, 5.74) is 1.72. The smallest absolute Gasteiger partial charge is 0.336 e. The van der Waals surface area contributed by atoms with Crippen molar-refractivity contribution < 1.29 is 19.5 Å². The van der Waals surface area contributed by atoms with Crippen molar-refractivity contribution in [1.29, 1.82) is 0 Å². The Morgan fingerprint density at radius 2 is 1.68 bits per heavy atom. The number of anilines is 2. The molecule has 0 fully saturated rings. The molecular formula is C28H21N3O4S3. The van der Waals surface area contributed by atoms with Crippen LogP contribution < -0.4 is 10.6 Å². The number of nitrogens with zero attached hydrogens (tertiary/aromatic N) is 1. The van der Waals surface area contributed by atoms with E-state index in [1.165, 1.54) is 29.2 Å². The number of thioether (sulfide) groups is 1. The van der Waals surface area contributed by atoms with E-state index in [0.29, 0.717) is 21.6 Å². The molecule has 0 aliphatic carbocycles. The van der Waals surface area contributed by atoms with Gasteiger partial charge in [0.2, 0.25) is 5.91 Å². The number of hydrogen-bond acceptors (Lipinski definition) is 7. The SMILES string of the molecule is CC(Sc1cccc(NC(=O)c2cccc3cccc(C(=O)O)c23)c1)C(=O)Nc1nc(-c2cccs2)cs1. The zero-order chi connectivity index (χ0) is 26.6. The number of thiophene rings is 1. The van der Waals surface area contributed by atoms with Gasteiger partial charge in [0, 0.05) is 26.9 Å². The third-order valence-electron chi connectivity index (χ3n) is 5.66. The highest BCUT2D eigenvalue weighted by molar-refractivity contribution is 8.00. The Morgan fingerprint density at radius 3 is 2.42 bits per heavy atom. The van der Waals surface area contributed by atoms with E-state index in [1.807, 2.05) is 35.9 Å². The number of thiazole rings is 1. The van der Waals surface area contributed by atoms with Crippen LogP contribution in [0.2, 0.25) is 0 Å². The molecule has 3 aromatic carbocycles. The summed E-state index contributed by atoms with van der Waals surface area (Å²) in [5.74, 6) is -1.68. The fraction of sp³-hybridized carbons (Fsp3) is 0.0714. The largest absolute Gasteiger partial charge is 0.478 e. The summed E-state index contributed by atoms with van der Waals surface area (Å²) in [7, 11) is 0. The van der Waals surface area contributed by atoms with Gasteiger partial charge in [-0.3, -0.25) is 9.59 Å². The number of rotatable bonds is 8. The molecule has 2 amide bonds. The van der Waals surface area contributed by atoms with E-state index in [1.54, 1.807) is 59.9 Å². The van der Waals surface area contributed by atoms with Crippen molar-refractivity contribution in [3.05, 3.63) is 94.7 Å². The summed E-state index contributed by atoms with van der Waals surface area (Å²) in [6.45, 7) is 1.81. The van der Waals surface area contributed by atoms with E-state index in [4.69, 9.17) is 0 Å². The number of nitrogens with one attached hydrogen (secondary N) is 2. The zero-order valence-corrected chi connectivity index (χ0v) is 22.5. The first kappa shape index (κ1) is 25.7. The summed E-state index contributed by atoms with van der Waals surface area (Å²) in [6, 6.07) is 21.2. The molecule has 2 aromatic heterocycles. The van der Waals surface area contributed by atoms with Crippen molar-refractivity contribution in [2.75, 3.05) is 10.6 Å². The Morgan fingerprint density at radius 1 is 0.921 bits per heavy atom. The molecule has 1 atom stereocenters. The normalized spacial score (nSPS) is 11.7. The van der Waals surface area contributed by atoms with Crippen LogP contribution in [0.4, 0.5) is 10.8 Å². The van der Waals surface area contributed by atoms with Gasteiger partial charge in [0.1, 0.15) is 0 Å². The lowest BCUT2D eigenvalue weighted by molar-refractivity contribution is -0.115. The first-order chi connectivity index (χ1) is 18.4.